The number of nitrogens with one attached hydrogen (secondary N) is 1. The van der Waals surface area contributed by atoms with Gasteiger partial charge in [-0.25, -0.2) is 0 Å². The molecule has 134 valence electrons. The van der Waals surface area contributed by atoms with E-state index in [-0.39, 0.29) is 18.1 Å². The molecule has 2 aromatic rings. The molecule has 2 N–H and O–H groups in total. The number of hydrogen-bond acceptors (Lipinski definition) is 5. The second-order valence-corrected chi connectivity index (χ2v) is 7.23. The highest BCUT2D eigenvalue weighted by Crippen LogP contribution is 2.40. The molecule has 2 fully saturated rings. The van der Waals surface area contributed by atoms with Crippen molar-refractivity contribution in [1.29, 1.82) is 0 Å². The molecule has 1 amide bonds. The van der Waals surface area contributed by atoms with Gasteiger partial charge in [0.2, 0.25) is 5.91 Å². The zero-order chi connectivity index (χ0) is 17.4. The summed E-state index contributed by atoms with van der Waals surface area (Å²) in [4.78, 5) is 14.4. The summed E-state index contributed by atoms with van der Waals surface area (Å²) in [7, 11) is 1.82. The number of likely N-dealkylation sites (tertiary alicyclic amines) is 1. The number of aliphatic hydroxyl groups is 1. The number of hydrogen-bond donors (Lipinski definition) is 2. The molecule has 4 atom stereocenters. The molecule has 1 saturated heterocycles. The van der Waals surface area contributed by atoms with E-state index in [1.165, 1.54) is 0 Å². The van der Waals surface area contributed by atoms with Crippen LogP contribution in [0.25, 0.3) is 0 Å². The molecule has 4 rings (SSSR count). The molecule has 1 aliphatic carbocycles. The van der Waals surface area contributed by atoms with E-state index in [0.29, 0.717) is 24.2 Å². The molecule has 0 radical (unpaired) electrons. The lowest BCUT2D eigenvalue weighted by atomic mass is 9.77. The van der Waals surface area contributed by atoms with Crippen LogP contribution in [0.1, 0.15) is 18.9 Å². The van der Waals surface area contributed by atoms with Crippen LogP contribution in [0.2, 0.25) is 0 Å². The average Bonchev–Trinajstić information content (AvgIpc) is 3.27. The molecule has 0 bridgehead atoms. The lowest BCUT2D eigenvalue weighted by Gasteiger charge is -2.35. The SMILES string of the molecule is Cn1ccc(NC(=O)CN2C[C@H]3C[C@@H](n4cccn4)[C@H](O)C[C@H]3C2)n1. The molecule has 3 heterocycles. The molecule has 0 unspecified atom stereocenters. The number of fused-ring (bicyclic) bond motifs is 1. The van der Waals surface area contributed by atoms with Gasteiger partial charge in [-0.05, 0) is 30.7 Å². The minimum Gasteiger partial charge on any atom is -0.391 e. The Morgan fingerprint density at radius 2 is 2.12 bits per heavy atom. The molecule has 25 heavy (non-hydrogen) atoms. The van der Waals surface area contributed by atoms with Gasteiger partial charge in [0, 0.05) is 44.8 Å². The van der Waals surface area contributed by atoms with Crippen molar-refractivity contribution in [2.45, 2.75) is 25.0 Å². The summed E-state index contributed by atoms with van der Waals surface area (Å²) < 4.78 is 3.54. The number of aryl methyl sites for hydroxylation is 1. The molecule has 0 spiro atoms. The fourth-order valence-electron chi connectivity index (χ4n) is 4.26. The Morgan fingerprint density at radius 1 is 1.32 bits per heavy atom. The molecule has 2 aromatic heterocycles. The summed E-state index contributed by atoms with van der Waals surface area (Å²) in [6, 6.07) is 3.72. The quantitative estimate of drug-likeness (QED) is 0.843. The number of carbonyl (C=O) groups excluding carboxylic acids is 1. The number of carbonyl (C=O) groups is 1. The summed E-state index contributed by atoms with van der Waals surface area (Å²) in [6.07, 6.45) is 6.78. The monoisotopic (exact) mass is 344 g/mol. The maximum atomic E-state index is 12.2. The number of amides is 1. The van der Waals surface area contributed by atoms with E-state index < -0.39 is 0 Å². The maximum Gasteiger partial charge on any atom is 0.239 e. The Balaban J connectivity index is 1.34. The normalized spacial score (nSPS) is 29.5. The lowest BCUT2D eigenvalue weighted by molar-refractivity contribution is -0.117. The van der Waals surface area contributed by atoms with Crippen molar-refractivity contribution in [2.75, 3.05) is 25.0 Å². The Kier molecular flexibility index (Phi) is 4.30. The molecular formula is C17H24N6O2. The van der Waals surface area contributed by atoms with Crippen LogP contribution in [0.5, 0.6) is 0 Å². The van der Waals surface area contributed by atoms with Crippen LogP contribution in [0.4, 0.5) is 5.82 Å². The fourth-order valence-corrected chi connectivity index (χ4v) is 4.26. The first kappa shape index (κ1) is 16.3. The van der Waals surface area contributed by atoms with Crippen molar-refractivity contribution >= 4 is 11.7 Å². The molecule has 8 heteroatoms. The number of rotatable bonds is 4. The van der Waals surface area contributed by atoms with Crippen molar-refractivity contribution in [3.05, 3.63) is 30.7 Å². The zero-order valence-corrected chi connectivity index (χ0v) is 14.3. The first-order valence-corrected chi connectivity index (χ1v) is 8.77. The maximum absolute atomic E-state index is 12.2. The van der Waals surface area contributed by atoms with Crippen LogP contribution in [0.3, 0.4) is 0 Å². The van der Waals surface area contributed by atoms with E-state index in [0.717, 1.165) is 25.9 Å². The summed E-state index contributed by atoms with van der Waals surface area (Å²) in [5, 5.41) is 21.8. The van der Waals surface area contributed by atoms with Gasteiger partial charge in [0.15, 0.2) is 5.82 Å². The number of nitrogens with zero attached hydrogens (tertiary/aromatic N) is 5. The highest BCUT2D eigenvalue weighted by Gasteiger charge is 2.42. The fraction of sp³-hybridized carbons (Fsp3) is 0.588. The summed E-state index contributed by atoms with van der Waals surface area (Å²) >= 11 is 0. The van der Waals surface area contributed by atoms with E-state index in [4.69, 9.17) is 0 Å². The Morgan fingerprint density at radius 3 is 2.80 bits per heavy atom. The zero-order valence-electron chi connectivity index (χ0n) is 14.3. The van der Waals surface area contributed by atoms with E-state index in [1.807, 2.05) is 24.0 Å². The molecular weight excluding hydrogens is 320 g/mol. The van der Waals surface area contributed by atoms with Crippen molar-refractivity contribution in [1.82, 2.24) is 24.5 Å². The van der Waals surface area contributed by atoms with Gasteiger partial charge in [-0.1, -0.05) is 0 Å². The van der Waals surface area contributed by atoms with Gasteiger partial charge < -0.3 is 10.4 Å². The van der Waals surface area contributed by atoms with Gasteiger partial charge in [0.05, 0.1) is 18.7 Å². The second kappa shape index (κ2) is 6.61. The summed E-state index contributed by atoms with van der Waals surface area (Å²) in [6.45, 7) is 2.13. The lowest BCUT2D eigenvalue weighted by Crippen LogP contribution is -2.36. The molecule has 2 aliphatic rings. The van der Waals surface area contributed by atoms with Crippen LogP contribution in [-0.2, 0) is 11.8 Å². The van der Waals surface area contributed by atoms with Gasteiger partial charge in [0.25, 0.3) is 0 Å². The highest BCUT2D eigenvalue weighted by molar-refractivity contribution is 5.91. The number of aliphatic hydroxyl groups excluding tert-OH is 1. The molecule has 1 aliphatic heterocycles. The molecule has 8 nitrogen and oxygen atoms in total. The topological polar surface area (TPSA) is 88.2 Å². The van der Waals surface area contributed by atoms with Crippen molar-refractivity contribution < 1.29 is 9.90 Å². The van der Waals surface area contributed by atoms with E-state index in [2.05, 4.69) is 20.4 Å². The third-order valence-corrected chi connectivity index (χ3v) is 5.40. The van der Waals surface area contributed by atoms with Crippen molar-refractivity contribution in [3.63, 3.8) is 0 Å². The highest BCUT2D eigenvalue weighted by atomic mass is 16.3. The van der Waals surface area contributed by atoms with Gasteiger partial charge in [0.1, 0.15) is 0 Å². The summed E-state index contributed by atoms with van der Waals surface area (Å²) in [5.41, 5.74) is 0. The van der Waals surface area contributed by atoms with Crippen LogP contribution in [0.15, 0.2) is 30.7 Å². The summed E-state index contributed by atoms with van der Waals surface area (Å²) in [5.74, 6) is 1.49. The first-order valence-electron chi connectivity index (χ1n) is 8.77. The Hall–Kier alpha value is -2.19. The number of aromatic nitrogens is 4. The Labute approximate surface area is 146 Å². The number of anilines is 1. The largest absolute Gasteiger partial charge is 0.391 e. The third kappa shape index (κ3) is 3.45. The molecule has 0 aromatic carbocycles. The predicted octanol–water partition coefficient (Wildman–Crippen LogP) is 0.499. The smallest absolute Gasteiger partial charge is 0.239 e. The van der Waals surface area contributed by atoms with Crippen LogP contribution in [-0.4, -0.2) is 61.2 Å². The third-order valence-electron chi connectivity index (χ3n) is 5.40. The minimum absolute atomic E-state index is 0.0403. The van der Waals surface area contributed by atoms with E-state index in [9.17, 15) is 9.90 Å². The van der Waals surface area contributed by atoms with E-state index >= 15 is 0 Å². The van der Waals surface area contributed by atoms with Crippen LogP contribution < -0.4 is 5.32 Å². The first-order chi connectivity index (χ1) is 12.1. The van der Waals surface area contributed by atoms with Gasteiger partial charge in [-0.2, -0.15) is 10.2 Å². The predicted molar refractivity (Wildman–Crippen MR) is 91.8 cm³/mol. The Bertz CT molecular complexity index is 727. The second-order valence-electron chi connectivity index (χ2n) is 7.23. The van der Waals surface area contributed by atoms with Crippen LogP contribution >= 0.6 is 0 Å². The van der Waals surface area contributed by atoms with Gasteiger partial charge in [-0.3, -0.25) is 19.1 Å². The van der Waals surface area contributed by atoms with Crippen molar-refractivity contribution in [2.24, 2.45) is 18.9 Å². The minimum atomic E-state index is -0.372. The van der Waals surface area contributed by atoms with Gasteiger partial charge in [-0.15, -0.1) is 0 Å². The van der Waals surface area contributed by atoms with Gasteiger partial charge >= 0.3 is 0 Å². The van der Waals surface area contributed by atoms with Crippen LogP contribution in [0, 0.1) is 11.8 Å². The average molecular weight is 344 g/mol. The van der Waals surface area contributed by atoms with E-state index in [1.54, 1.807) is 23.1 Å². The standard InChI is InChI=1S/C17H24N6O2/c1-21-6-3-16(20-21)19-17(25)11-22-9-12-7-14(23-5-2-4-18-23)15(24)8-13(12)10-22/h2-6,12-15,24H,7-11H2,1H3,(H,19,20,25)/t12-,13+,14-,15-/m1/s1. The van der Waals surface area contributed by atoms with Crippen molar-refractivity contribution in [3.8, 4) is 0 Å². The molecule has 1 saturated carbocycles.